The summed E-state index contributed by atoms with van der Waals surface area (Å²) in [5, 5.41) is 21.1. The molecule has 132 valence electrons. The van der Waals surface area contributed by atoms with Gasteiger partial charge in [0.2, 0.25) is 0 Å². The Kier molecular flexibility index (Phi) is 5.59. The number of H-pyrrole nitrogens is 1. The molecule has 3 rings (SSSR count). The SMILES string of the molecule is O=C(NC(CSc1ncn[nH]1)c1cccc([N+](=O)[O-])c1)c1ccccc1. The van der Waals surface area contributed by atoms with E-state index in [1.165, 1.54) is 30.2 Å². The van der Waals surface area contributed by atoms with Crippen molar-refractivity contribution < 1.29 is 9.72 Å². The van der Waals surface area contributed by atoms with Crippen molar-refractivity contribution in [1.82, 2.24) is 20.5 Å². The number of nitrogens with one attached hydrogen (secondary N) is 2. The van der Waals surface area contributed by atoms with Gasteiger partial charge in [0, 0.05) is 23.4 Å². The monoisotopic (exact) mass is 369 g/mol. The van der Waals surface area contributed by atoms with Crippen molar-refractivity contribution in [3.8, 4) is 0 Å². The van der Waals surface area contributed by atoms with Crippen molar-refractivity contribution in [3.05, 3.63) is 82.2 Å². The molecule has 0 radical (unpaired) electrons. The van der Waals surface area contributed by atoms with E-state index < -0.39 is 11.0 Å². The molecule has 0 saturated heterocycles. The lowest BCUT2D eigenvalue weighted by atomic mass is 10.1. The second kappa shape index (κ2) is 8.26. The van der Waals surface area contributed by atoms with Crippen molar-refractivity contribution in [2.75, 3.05) is 5.75 Å². The van der Waals surface area contributed by atoms with Gasteiger partial charge in [-0.3, -0.25) is 20.0 Å². The number of carbonyl (C=O) groups is 1. The summed E-state index contributed by atoms with van der Waals surface area (Å²) in [5.41, 5.74) is 1.15. The number of aromatic nitrogens is 3. The minimum atomic E-state index is -0.455. The van der Waals surface area contributed by atoms with Crippen LogP contribution < -0.4 is 5.32 Å². The Hall–Kier alpha value is -3.20. The Bertz CT molecular complexity index is 886. The molecule has 2 aromatic carbocycles. The normalized spacial score (nSPS) is 11.7. The number of rotatable bonds is 7. The Labute approximate surface area is 153 Å². The molecule has 1 aromatic heterocycles. The highest BCUT2D eigenvalue weighted by atomic mass is 32.2. The molecule has 0 fully saturated rings. The number of aromatic amines is 1. The van der Waals surface area contributed by atoms with Crippen LogP contribution in [0.1, 0.15) is 22.0 Å². The van der Waals surface area contributed by atoms with E-state index in [9.17, 15) is 14.9 Å². The molecule has 0 bridgehead atoms. The molecule has 0 aliphatic heterocycles. The Morgan fingerprint density at radius 2 is 2.04 bits per heavy atom. The third kappa shape index (κ3) is 4.45. The van der Waals surface area contributed by atoms with E-state index in [1.807, 2.05) is 6.07 Å². The van der Waals surface area contributed by atoms with E-state index in [-0.39, 0.29) is 11.6 Å². The predicted molar refractivity (Wildman–Crippen MR) is 96.9 cm³/mol. The summed E-state index contributed by atoms with van der Waals surface area (Å²) in [4.78, 5) is 27.2. The third-order valence-electron chi connectivity index (χ3n) is 3.60. The van der Waals surface area contributed by atoms with Crippen molar-refractivity contribution in [3.63, 3.8) is 0 Å². The van der Waals surface area contributed by atoms with Gasteiger partial charge >= 0.3 is 0 Å². The maximum absolute atomic E-state index is 12.5. The first-order valence-corrected chi connectivity index (χ1v) is 8.70. The molecule has 1 unspecified atom stereocenters. The molecular formula is C17H15N5O3S. The van der Waals surface area contributed by atoms with Crippen LogP contribution in [0, 0.1) is 10.1 Å². The molecule has 0 aliphatic carbocycles. The summed E-state index contributed by atoms with van der Waals surface area (Å²) in [7, 11) is 0. The highest BCUT2D eigenvalue weighted by Crippen LogP contribution is 2.25. The lowest BCUT2D eigenvalue weighted by Gasteiger charge is -2.18. The van der Waals surface area contributed by atoms with E-state index in [0.717, 1.165) is 0 Å². The average Bonchev–Trinajstić information content (AvgIpc) is 3.19. The van der Waals surface area contributed by atoms with E-state index in [1.54, 1.807) is 36.4 Å². The number of carbonyl (C=O) groups excluding carboxylic acids is 1. The fourth-order valence-corrected chi connectivity index (χ4v) is 3.17. The van der Waals surface area contributed by atoms with Crippen molar-refractivity contribution in [2.24, 2.45) is 0 Å². The Morgan fingerprint density at radius 1 is 1.23 bits per heavy atom. The molecule has 26 heavy (non-hydrogen) atoms. The number of thioether (sulfide) groups is 1. The molecular weight excluding hydrogens is 354 g/mol. The fourth-order valence-electron chi connectivity index (χ4n) is 2.33. The van der Waals surface area contributed by atoms with Crippen LogP contribution in [0.5, 0.6) is 0 Å². The van der Waals surface area contributed by atoms with Gasteiger partial charge in [-0.05, 0) is 17.7 Å². The average molecular weight is 369 g/mol. The zero-order valence-corrected chi connectivity index (χ0v) is 14.3. The van der Waals surface area contributed by atoms with Gasteiger partial charge < -0.3 is 5.32 Å². The van der Waals surface area contributed by atoms with Gasteiger partial charge in [0.1, 0.15) is 6.33 Å². The van der Waals surface area contributed by atoms with Crippen LogP contribution >= 0.6 is 11.8 Å². The Morgan fingerprint density at radius 3 is 2.73 bits per heavy atom. The summed E-state index contributed by atoms with van der Waals surface area (Å²) >= 11 is 1.37. The van der Waals surface area contributed by atoms with Gasteiger partial charge in [-0.1, -0.05) is 42.1 Å². The third-order valence-corrected chi connectivity index (χ3v) is 4.57. The minimum absolute atomic E-state index is 0.0221. The minimum Gasteiger partial charge on any atom is -0.344 e. The summed E-state index contributed by atoms with van der Waals surface area (Å²) in [6.07, 6.45) is 1.40. The number of benzene rings is 2. The quantitative estimate of drug-likeness (QED) is 0.376. The maximum atomic E-state index is 12.5. The van der Waals surface area contributed by atoms with Crippen LogP contribution in [-0.2, 0) is 0 Å². The molecule has 3 aromatic rings. The lowest BCUT2D eigenvalue weighted by molar-refractivity contribution is -0.384. The maximum Gasteiger partial charge on any atom is 0.269 e. The van der Waals surface area contributed by atoms with E-state index in [0.29, 0.717) is 22.0 Å². The van der Waals surface area contributed by atoms with Crippen LogP contribution in [0.25, 0.3) is 0 Å². The summed E-state index contributed by atoms with van der Waals surface area (Å²) < 4.78 is 0. The molecule has 0 aliphatic rings. The van der Waals surface area contributed by atoms with Crippen molar-refractivity contribution in [2.45, 2.75) is 11.2 Å². The lowest BCUT2D eigenvalue weighted by Crippen LogP contribution is -2.30. The first kappa shape index (κ1) is 17.6. The smallest absolute Gasteiger partial charge is 0.269 e. The molecule has 1 heterocycles. The molecule has 1 amide bonds. The summed E-state index contributed by atoms with van der Waals surface area (Å²) in [6, 6.07) is 14.6. The molecule has 0 spiro atoms. The van der Waals surface area contributed by atoms with Crippen LogP contribution in [0.4, 0.5) is 5.69 Å². The molecule has 0 saturated carbocycles. The first-order chi connectivity index (χ1) is 12.6. The summed E-state index contributed by atoms with van der Waals surface area (Å²) in [5.74, 6) is 0.190. The van der Waals surface area contributed by atoms with Crippen LogP contribution in [-0.4, -0.2) is 31.8 Å². The fraction of sp³-hybridized carbons (Fsp3) is 0.118. The topological polar surface area (TPSA) is 114 Å². The highest BCUT2D eigenvalue weighted by molar-refractivity contribution is 7.99. The second-order valence-corrected chi connectivity index (χ2v) is 6.35. The van der Waals surface area contributed by atoms with Crippen LogP contribution in [0.3, 0.4) is 0 Å². The predicted octanol–water partition coefficient (Wildman–Crippen LogP) is 2.98. The van der Waals surface area contributed by atoms with Crippen LogP contribution in [0.15, 0.2) is 66.1 Å². The van der Waals surface area contributed by atoms with E-state index in [2.05, 4.69) is 20.5 Å². The number of non-ortho nitro benzene ring substituents is 1. The molecule has 8 nitrogen and oxygen atoms in total. The number of nitrogens with zero attached hydrogens (tertiary/aromatic N) is 3. The van der Waals surface area contributed by atoms with Gasteiger partial charge in [-0.25, -0.2) is 4.98 Å². The van der Waals surface area contributed by atoms with E-state index in [4.69, 9.17) is 0 Å². The largest absolute Gasteiger partial charge is 0.344 e. The number of hydrogen-bond acceptors (Lipinski definition) is 6. The van der Waals surface area contributed by atoms with Crippen LogP contribution in [0.2, 0.25) is 0 Å². The van der Waals surface area contributed by atoms with Gasteiger partial charge in [-0.2, -0.15) is 5.10 Å². The highest BCUT2D eigenvalue weighted by Gasteiger charge is 2.19. The van der Waals surface area contributed by atoms with Crippen molar-refractivity contribution in [1.29, 1.82) is 0 Å². The zero-order valence-electron chi connectivity index (χ0n) is 13.5. The number of nitro groups is 1. The van der Waals surface area contributed by atoms with Gasteiger partial charge in [0.25, 0.3) is 11.6 Å². The van der Waals surface area contributed by atoms with Gasteiger partial charge in [0.05, 0.1) is 11.0 Å². The number of nitro benzene ring substituents is 1. The molecule has 2 N–H and O–H groups in total. The molecule has 9 heteroatoms. The number of hydrogen-bond donors (Lipinski definition) is 2. The second-order valence-electron chi connectivity index (χ2n) is 5.35. The molecule has 1 atom stereocenters. The first-order valence-electron chi connectivity index (χ1n) is 7.72. The van der Waals surface area contributed by atoms with Gasteiger partial charge in [0.15, 0.2) is 5.16 Å². The summed E-state index contributed by atoms with van der Waals surface area (Å²) in [6.45, 7) is 0. The van der Waals surface area contributed by atoms with Crippen molar-refractivity contribution >= 4 is 23.4 Å². The van der Waals surface area contributed by atoms with E-state index >= 15 is 0 Å². The Balaban J connectivity index is 1.82. The number of amides is 1. The van der Waals surface area contributed by atoms with Gasteiger partial charge in [-0.15, -0.1) is 0 Å². The standard InChI is InChI=1S/C17H15N5O3S/c23-16(12-5-2-1-3-6-12)20-15(10-26-17-18-11-19-21-17)13-7-4-8-14(9-13)22(24)25/h1-9,11,15H,10H2,(H,20,23)(H,18,19,21). The zero-order chi connectivity index (χ0) is 18.4.